The van der Waals surface area contributed by atoms with Crippen LogP contribution in [0.5, 0.6) is 0 Å². The first-order valence-corrected chi connectivity index (χ1v) is 5.91. The molecule has 1 aliphatic heterocycles. The van der Waals surface area contributed by atoms with Crippen LogP contribution in [0.2, 0.25) is 0 Å². The lowest BCUT2D eigenvalue weighted by atomic mass is 9.96. The summed E-state index contributed by atoms with van der Waals surface area (Å²) < 4.78 is 5.29. The smallest absolute Gasteiger partial charge is 0.134 e. The molecule has 1 saturated heterocycles. The maximum Gasteiger partial charge on any atom is 0.134 e. The topological polar surface area (TPSA) is 46.0 Å². The van der Waals surface area contributed by atoms with Crippen LogP contribution < -0.4 is 5.32 Å². The van der Waals surface area contributed by atoms with Crippen molar-refractivity contribution in [3.05, 3.63) is 0 Å². The number of aliphatic imine (C=N–C) groups is 2. The maximum absolute atomic E-state index is 5.29. The van der Waals surface area contributed by atoms with Crippen LogP contribution in [0.4, 0.5) is 0 Å². The molecule has 1 heterocycles. The van der Waals surface area contributed by atoms with Crippen molar-refractivity contribution in [3.63, 3.8) is 0 Å². The number of hydrogen-bond donors (Lipinski definition) is 1. The predicted molar refractivity (Wildman–Crippen MR) is 59.3 cm³/mol. The van der Waals surface area contributed by atoms with Crippen LogP contribution in [0, 0.1) is 0 Å². The van der Waals surface area contributed by atoms with Crippen molar-refractivity contribution >= 4 is 6.01 Å². The van der Waals surface area contributed by atoms with E-state index in [1.165, 1.54) is 32.1 Å². The monoisotopic (exact) mass is 209 g/mol. The van der Waals surface area contributed by atoms with Gasteiger partial charge in [0.2, 0.25) is 0 Å². The molecule has 1 N–H and O–H groups in total. The Morgan fingerprint density at radius 3 is 2.73 bits per heavy atom. The first-order chi connectivity index (χ1) is 7.45. The highest BCUT2D eigenvalue weighted by Gasteiger charge is 2.12. The third-order valence-corrected chi connectivity index (χ3v) is 2.93. The van der Waals surface area contributed by atoms with Gasteiger partial charge in [0.05, 0.1) is 25.3 Å². The summed E-state index contributed by atoms with van der Waals surface area (Å²) in [6.07, 6.45) is 6.45. The molecule has 4 heteroatoms. The van der Waals surface area contributed by atoms with E-state index in [0.717, 1.165) is 13.2 Å². The van der Waals surface area contributed by atoms with E-state index in [4.69, 9.17) is 4.74 Å². The van der Waals surface area contributed by atoms with E-state index in [-0.39, 0.29) is 6.17 Å². The number of nitrogens with one attached hydrogen (secondary N) is 1. The molecule has 0 radical (unpaired) electrons. The second kappa shape index (κ2) is 6.01. The number of hydrogen-bond acceptors (Lipinski definition) is 4. The molecule has 84 valence electrons. The fourth-order valence-electron chi connectivity index (χ4n) is 2.03. The summed E-state index contributed by atoms with van der Waals surface area (Å²) in [4.78, 5) is 8.59. The molecule has 0 bridgehead atoms. The summed E-state index contributed by atoms with van der Waals surface area (Å²) in [6, 6.07) is 3.30. The van der Waals surface area contributed by atoms with Crippen LogP contribution in [0.15, 0.2) is 9.98 Å². The number of morpholine rings is 1. The largest absolute Gasteiger partial charge is 0.376 e. The van der Waals surface area contributed by atoms with Crippen LogP contribution in [0.1, 0.15) is 32.1 Å². The van der Waals surface area contributed by atoms with Crippen molar-refractivity contribution in [1.29, 1.82) is 0 Å². The van der Waals surface area contributed by atoms with Crippen LogP contribution in [0.3, 0.4) is 0 Å². The average Bonchev–Trinajstić information content (AvgIpc) is 2.32. The molecule has 2 fully saturated rings. The van der Waals surface area contributed by atoms with E-state index < -0.39 is 0 Å². The Balaban J connectivity index is 1.77. The second-order valence-electron chi connectivity index (χ2n) is 4.19. The third-order valence-electron chi connectivity index (χ3n) is 2.93. The lowest BCUT2D eigenvalue weighted by Crippen LogP contribution is -2.39. The van der Waals surface area contributed by atoms with Crippen LogP contribution in [-0.4, -0.2) is 38.0 Å². The van der Waals surface area contributed by atoms with Crippen LogP contribution >= 0.6 is 0 Å². The number of nitrogens with zero attached hydrogens (tertiary/aromatic N) is 2. The normalized spacial score (nSPS) is 28.1. The Hall–Kier alpha value is -0.700. The molecule has 4 nitrogen and oxygen atoms in total. The summed E-state index contributed by atoms with van der Waals surface area (Å²) in [6.45, 7) is 2.30. The highest BCUT2D eigenvalue weighted by molar-refractivity contribution is 5.42. The first kappa shape index (κ1) is 10.8. The minimum absolute atomic E-state index is 0.0612. The molecule has 2 aliphatic rings. The SMILES string of the molecule is C(=NC1CCCCC1)=NC1COCCN1. The van der Waals surface area contributed by atoms with Crippen molar-refractivity contribution in [3.8, 4) is 0 Å². The molecular formula is C11H19N3O. The zero-order valence-electron chi connectivity index (χ0n) is 9.11. The van der Waals surface area contributed by atoms with Gasteiger partial charge in [-0.25, -0.2) is 9.98 Å². The molecule has 1 saturated carbocycles. The van der Waals surface area contributed by atoms with Crippen LogP contribution in [-0.2, 0) is 4.74 Å². The van der Waals surface area contributed by atoms with Gasteiger partial charge in [-0.05, 0) is 12.8 Å². The van der Waals surface area contributed by atoms with Crippen molar-refractivity contribution in [2.45, 2.75) is 44.3 Å². The zero-order valence-corrected chi connectivity index (χ0v) is 9.11. The molecule has 1 aliphatic carbocycles. The van der Waals surface area contributed by atoms with Gasteiger partial charge < -0.3 is 4.74 Å². The highest BCUT2D eigenvalue weighted by Crippen LogP contribution is 2.19. The van der Waals surface area contributed by atoms with E-state index in [9.17, 15) is 0 Å². The molecular weight excluding hydrogens is 190 g/mol. The summed E-state index contributed by atoms with van der Waals surface area (Å²) in [5.41, 5.74) is 0. The Morgan fingerprint density at radius 1 is 1.13 bits per heavy atom. The molecule has 0 amide bonds. The maximum atomic E-state index is 5.29. The molecule has 1 unspecified atom stereocenters. The zero-order chi connectivity index (χ0) is 10.3. The Labute approximate surface area is 90.8 Å². The van der Waals surface area contributed by atoms with E-state index >= 15 is 0 Å². The van der Waals surface area contributed by atoms with E-state index in [1.54, 1.807) is 0 Å². The third kappa shape index (κ3) is 3.74. The second-order valence-corrected chi connectivity index (χ2v) is 4.19. The highest BCUT2D eigenvalue weighted by atomic mass is 16.5. The summed E-state index contributed by atoms with van der Waals surface area (Å²) in [5.74, 6) is 0. The van der Waals surface area contributed by atoms with Gasteiger partial charge in [-0.1, -0.05) is 19.3 Å². The lowest BCUT2D eigenvalue weighted by Gasteiger charge is -2.19. The van der Waals surface area contributed by atoms with Gasteiger partial charge in [0.25, 0.3) is 0 Å². The predicted octanol–water partition coefficient (Wildman–Crippen LogP) is 1.44. The van der Waals surface area contributed by atoms with Crippen molar-refractivity contribution in [2.24, 2.45) is 9.98 Å². The molecule has 15 heavy (non-hydrogen) atoms. The molecule has 0 aromatic carbocycles. The summed E-state index contributed by atoms with van der Waals surface area (Å²) >= 11 is 0. The number of rotatable bonds is 2. The Kier molecular flexibility index (Phi) is 4.33. The quantitative estimate of drug-likeness (QED) is 0.699. The summed E-state index contributed by atoms with van der Waals surface area (Å²) in [7, 11) is 0. The fourth-order valence-corrected chi connectivity index (χ4v) is 2.03. The molecule has 0 aromatic heterocycles. The van der Waals surface area contributed by atoms with Gasteiger partial charge in [-0.2, -0.15) is 0 Å². The van der Waals surface area contributed by atoms with E-state index in [0.29, 0.717) is 12.6 Å². The molecule has 2 rings (SSSR count). The van der Waals surface area contributed by atoms with Crippen LogP contribution in [0.25, 0.3) is 0 Å². The van der Waals surface area contributed by atoms with Gasteiger partial charge in [0.15, 0.2) is 0 Å². The fraction of sp³-hybridized carbons (Fsp3) is 0.909. The summed E-state index contributed by atoms with van der Waals surface area (Å²) in [5, 5.41) is 3.24. The molecule has 0 spiro atoms. The minimum atomic E-state index is 0.0612. The van der Waals surface area contributed by atoms with Crippen molar-refractivity contribution in [2.75, 3.05) is 19.8 Å². The Morgan fingerprint density at radius 2 is 2.00 bits per heavy atom. The van der Waals surface area contributed by atoms with E-state index in [1.807, 2.05) is 0 Å². The van der Waals surface area contributed by atoms with Crippen molar-refractivity contribution in [1.82, 2.24) is 5.32 Å². The van der Waals surface area contributed by atoms with Gasteiger partial charge >= 0.3 is 0 Å². The van der Waals surface area contributed by atoms with Gasteiger partial charge in [0, 0.05) is 6.54 Å². The van der Waals surface area contributed by atoms with Crippen molar-refractivity contribution < 1.29 is 4.74 Å². The number of ether oxygens (including phenoxy) is 1. The van der Waals surface area contributed by atoms with E-state index in [2.05, 4.69) is 21.3 Å². The molecule has 0 aromatic rings. The minimum Gasteiger partial charge on any atom is -0.376 e. The first-order valence-electron chi connectivity index (χ1n) is 5.91. The standard InChI is InChI=1S/C11H19N3O/c1-2-4-10(5-3-1)13-9-14-11-8-15-7-6-12-11/h10-12H,1-8H2. The van der Waals surface area contributed by atoms with Gasteiger partial charge in [-0.3, -0.25) is 5.32 Å². The Bertz CT molecular complexity index is 214. The lowest BCUT2D eigenvalue weighted by molar-refractivity contribution is 0.0798. The molecule has 1 atom stereocenters. The average molecular weight is 209 g/mol. The van der Waals surface area contributed by atoms with Gasteiger partial charge in [0.1, 0.15) is 6.17 Å². The van der Waals surface area contributed by atoms with Gasteiger partial charge in [-0.15, -0.1) is 0 Å².